The highest BCUT2D eigenvalue weighted by Gasteiger charge is 2.20. The second-order valence-electron chi connectivity index (χ2n) is 4.78. The van der Waals surface area contributed by atoms with Gasteiger partial charge in [-0.2, -0.15) is 0 Å². The zero-order valence-corrected chi connectivity index (χ0v) is 10.6. The van der Waals surface area contributed by atoms with Crippen LogP contribution in [0.4, 0.5) is 4.39 Å². The van der Waals surface area contributed by atoms with Crippen molar-refractivity contribution in [1.29, 1.82) is 0 Å². The van der Waals surface area contributed by atoms with Crippen LogP contribution >= 0.6 is 0 Å². The predicted molar refractivity (Wildman–Crippen MR) is 64.3 cm³/mol. The Balaban J connectivity index is 2.39. The van der Waals surface area contributed by atoms with Crippen molar-refractivity contribution < 1.29 is 4.39 Å². The van der Waals surface area contributed by atoms with E-state index in [-0.39, 0.29) is 5.82 Å². The van der Waals surface area contributed by atoms with E-state index in [0.29, 0.717) is 5.69 Å². The minimum atomic E-state index is -1.45. The van der Waals surface area contributed by atoms with Gasteiger partial charge in [-0.25, -0.2) is 9.07 Å². The Hall–Kier alpha value is -1.49. The molecule has 84 valence electrons. The first-order valence-electron chi connectivity index (χ1n) is 5.15. The standard InChI is InChI=1S/C11H14FN3Si/c1-16(2,3)11-8-15(14-13-11)10-6-4-5-9(12)7-10/h4-8H,1-3H3. The number of halogens is 1. The van der Waals surface area contributed by atoms with Gasteiger partial charge in [-0.15, -0.1) is 5.10 Å². The highest BCUT2D eigenvalue weighted by Crippen LogP contribution is 2.08. The summed E-state index contributed by atoms with van der Waals surface area (Å²) in [5.74, 6) is -0.262. The first-order chi connectivity index (χ1) is 7.47. The third-order valence-corrected chi connectivity index (χ3v) is 4.10. The van der Waals surface area contributed by atoms with E-state index >= 15 is 0 Å². The third kappa shape index (κ3) is 2.19. The Bertz CT molecular complexity index is 502. The lowest BCUT2D eigenvalue weighted by Crippen LogP contribution is -2.38. The summed E-state index contributed by atoms with van der Waals surface area (Å²) in [6.45, 7) is 6.60. The van der Waals surface area contributed by atoms with Crippen LogP contribution in [0.15, 0.2) is 30.5 Å². The molecule has 0 spiro atoms. The molecule has 0 amide bonds. The van der Waals surface area contributed by atoms with E-state index in [1.54, 1.807) is 10.7 Å². The summed E-state index contributed by atoms with van der Waals surface area (Å²) in [5.41, 5.74) is 0.706. The molecule has 3 nitrogen and oxygen atoms in total. The number of hydrogen-bond acceptors (Lipinski definition) is 2. The van der Waals surface area contributed by atoms with Crippen LogP contribution in [-0.2, 0) is 0 Å². The number of aromatic nitrogens is 3. The summed E-state index contributed by atoms with van der Waals surface area (Å²) >= 11 is 0. The van der Waals surface area contributed by atoms with Crippen molar-refractivity contribution >= 4 is 13.4 Å². The highest BCUT2D eigenvalue weighted by atomic mass is 28.3. The van der Waals surface area contributed by atoms with E-state index in [2.05, 4.69) is 30.0 Å². The number of hydrogen-bond donors (Lipinski definition) is 0. The fourth-order valence-electron chi connectivity index (χ4n) is 1.35. The molecule has 0 atom stereocenters. The molecule has 0 aliphatic heterocycles. The van der Waals surface area contributed by atoms with Gasteiger partial charge in [0.1, 0.15) is 13.9 Å². The molecule has 16 heavy (non-hydrogen) atoms. The average Bonchev–Trinajstić information content (AvgIpc) is 2.65. The van der Waals surface area contributed by atoms with Crippen LogP contribution in [0.25, 0.3) is 5.69 Å². The Morgan fingerprint density at radius 3 is 2.56 bits per heavy atom. The van der Waals surface area contributed by atoms with Crippen molar-refractivity contribution in [2.75, 3.05) is 0 Å². The van der Waals surface area contributed by atoms with E-state index in [4.69, 9.17) is 0 Å². The van der Waals surface area contributed by atoms with Crippen LogP contribution in [0.2, 0.25) is 19.6 Å². The van der Waals surface area contributed by atoms with Gasteiger partial charge in [0.25, 0.3) is 0 Å². The zero-order valence-electron chi connectivity index (χ0n) is 9.61. The summed E-state index contributed by atoms with van der Waals surface area (Å²) in [5, 5.41) is 9.20. The molecule has 0 bridgehead atoms. The van der Waals surface area contributed by atoms with E-state index in [1.165, 1.54) is 12.1 Å². The Kier molecular flexibility index (Phi) is 2.63. The SMILES string of the molecule is C[Si](C)(C)c1cn(-c2cccc(F)c2)nn1. The van der Waals surface area contributed by atoms with Crippen LogP contribution in [0.1, 0.15) is 0 Å². The Labute approximate surface area is 94.9 Å². The molecule has 0 aliphatic carbocycles. The normalized spacial score (nSPS) is 11.8. The van der Waals surface area contributed by atoms with Gasteiger partial charge in [0.05, 0.1) is 11.0 Å². The highest BCUT2D eigenvalue weighted by molar-refractivity contribution is 6.88. The summed E-state index contributed by atoms with van der Waals surface area (Å²) in [6, 6.07) is 6.34. The molecule has 2 aromatic rings. The van der Waals surface area contributed by atoms with E-state index in [1.807, 2.05) is 12.3 Å². The molecule has 0 aliphatic rings. The van der Waals surface area contributed by atoms with Gasteiger partial charge in [-0.1, -0.05) is 30.9 Å². The second-order valence-corrected chi connectivity index (χ2v) is 9.79. The number of nitrogens with zero attached hydrogens (tertiary/aromatic N) is 3. The molecule has 1 aromatic heterocycles. The average molecular weight is 235 g/mol. The fourth-order valence-corrected chi connectivity index (χ4v) is 2.21. The van der Waals surface area contributed by atoms with Crippen molar-refractivity contribution in [2.45, 2.75) is 19.6 Å². The topological polar surface area (TPSA) is 30.7 Å². The largest absolute Gasteiger partial charge is 0.221 e. The van der Waals surface area contributed by atoms with Gasteiger partial charge in [0.2, 0.25) is 0 Å². The van der Waals surface area contributed by atoms with E-state index in [0.717, 1.165) is 5.32 Å². The molecule has 1 heterocycles. The molecule has 1 aromatic carbocycles. The van der Waals surface area contributed by atoms with Crippen LogP contribution in [0.3, 0.4) is 0 Å². The summed E-state index contributed by atoms with van der Waals surface area (Å²) < 4.78 is 14.7. The van der Waals surface area contributed by atoms with Gasteiger partial charge in [-0.05, 0) is 18.2 Å². The molecule has 5 heteroatoms. The van der Waals surface area contributed by atoms with Gasteiger partial charge >= 0.3 is 0 Å². The van der Waals surface area contributed by atoms with Crippen molar-refractivity contribution in [3.8, 4) is 5.69 Å². The van der Waals surface area contributed by atoms with Crippen molar-refractivity contribution in [2.24, 2.45) is 0 Å². The predicted octanol–water partition coefficient (Wildman–Crippen LogP) is 1.95. The molecule has 2 rings (SSSR count). The lowest BCUT2D eigenvalue weighted by Gasteiger charge is -2.09. The quantitative estimate of drug-likeness (QED) is 0.745. The van der Waals surface area contributed by atoms with Gasteiger partial charge < -0.3 is 0 Å². The maximum absolute atomic E-state index is 13.0. The van der Waals surface area contributed by atoms with Gasteiger partial charge in [-0.3, -0.25) is 0 Å². The summed E-state index contributed by atoms with van der Waals surface area (Å²) in [7, 11) is -1.45. The molecule has 0 N–H and O–H groups in total. The second kappa shape index (κ2) is 3.82. The smallest absolute Gasteiger partial charge is 0.125 e. The monoisotopic (exact) mass is 235 g/mol. The van der Waals surface area contributed by atoms with Crippen LogP contribution in [-0.4, -0.2) is 23.1 Å². The molecule has 0 saturated heterocycles. The number of benzene rings is 1. The van der Waals surface area contributed by atoms with Crippen molar-refractivity contribution in [3.63, 3.8) is 0 Å². The lowest BCUT2D eigenvalue weighted by atomic mass is 10.3. The third-order valence-electron chi connectivity index (χ3n) is 2.33. The maximum Gasteiger partial charge on any atom is 0.125 e. The maximum atomic E-state index is 13.0. The molecular formula is C11H14FN3Si. The van der Waals surface area contributed by atoms with Gasteiger partial charge in [0.15, 0.2) is 0 Å². The fraction of sp³-hybridized carbons (Fsp3) is 0.273. The molecule has 0 fully saturated rings. The van der Waals surface area contributed by atoms with E-state index in [9.17, 15) is 4.39 Å². The van der Waals surface area contributed by atoms with Crippen LogP contribution in [0, 0.1) is 5.82 Å². The first kappa shape index (κ1) is 11.0. The van der Waals surface area contributed by atoms with Gasteiger partial charge in [0, 0.05) is 6.20 Å². The van der Waals surface area contributed by atoms with Crippen molar-refractivity contribution in [3.05, 3.63) is 36.3 Å². The molecule has 0 saturated carbocycles. The molecular weight excluding hydrogens is 221 g/mol. The van der Waals surface area contributed by atoms with Crippen molar-refractivity contribution in [1.82, 2.24) is 15.0 Å². The summed E-state index contributed by atoms with van der Waals surface area (Å²) in [6.07, 6.45) is 1.89. The molecule has 0 radical (unpaired) electrons. The zero-order chi connectivity index (χ0) is 11.8. The van der Waals surface area contributed by atoms with E-state index < -0.39 is 8.07 Å². The summed E-state index contributed by atoms with van der Waals surface area (Å²) in [4.78, 5) is 0. The minimum Gasteiger partial charge on any atom is -0.221 e. The minimum absolute atomic E-state index is 0.262. The van der Waals surface area contributed by atoms with Crippen LogP contribution in [0.5, 0.6) is 0 Å². The van der Waals surface area contributed by atoms with Crippen LogP contribution < -0.4 is 5.32 Å². The Morgan fingerprint density at radius 2 is 2.00 bits per heavy atom. The lowest BCUT2D eigenvalue weighted by molar-refractivity contribution is 0.625. The Morgan fingerprint density at radius 1 is 1.25 bits per heavy atom. The first-order valence-corrected chi connectivity index (χ1v) is 8.65. The molecule has 0 unspecified atom stereocenters. The number of rotatable bonds is 2.